The Bertz CT molecular complexity index is 1020. The van der Waals surface area contributed by atoms with E-state index in [1.807, 2.05) is 18.4 Å². The number of nitrogen functional groups attached to an aromatic ring is 1. The normalized spacial score (nSPS) is 22.3. The summed E-state index contributed by atoms with van der Waals surface area (Å²) in [5.74, 6) is -0.195. The average molecular weight is 454 g/mol. The van der Waals surface area contributed by atoms with Crippen molar-refractivity contribution in [3.8, 4) is 0 Å². The summed E-state index contributed by atoms with van der Waals surface area (Å²) in [7, 11) is -0.515. The van der Waals surface area contributed by atoms with Gasteiger partial charge in [0, 0.05) is 0 Å². The van der Waals surface area contributed by atoms with Gasteiger partial charge in [-0.3, -0.25) is 13.9 Å². The topological polar surface area (TPSA) is 141 Å². The zero-order chi connectivity index (χ0) is 23.1. The molecule has 2 aromatic rings. The summed E-state index contributed by atoms with van der Waals surface area (Å²) in [4.78, 5) is 24.3. The number of rotatable bonds is 9. The molecule has 1 radical (unpaired) electrons. The van der Waals surface area contributed by atoms with E-state index in [2.05, 4.69) is 22.1 Å². The van der Waals surface area contributed by atoms with Gasteiger partial charge in [-0.2, -0.15) is 0 Å². The van der Waals surface area contributed by atoms with Crippen LogP contribution in [0.4, 0.5) is 5.82 Å². The molecule has 0 aliphatic heterocycles. The summed E-state index contributed by atoms with van der Waals surface area (Å²) >= 11 is 0. The highest BCUT2D eigenvalue weighted by Gasteiger charge is 2.63. The Morgan fingerprint density at radius 1 is 1.32 bits per heavy atom. The highest BCUT2D eigenvalue weighted by atomic mass is 31.2. The summed E-state index contributed by atoms with van der Waals surface area (Å²) in [5, 5.41) is 0. The van der Waals surface area contributed by atoms with Crippen molar-refractivity contribution in [1.29, 1.82) is 0 Å². The molecule has 2 aromatic heterocycles. The van der Waals surface area contributed by atoms with E-state index < -0.39 is 31.4 Å². The molecule has 3 rings (SSSR count). The maximum atomic E-state index is 12.9. The molecule has 0 saturated heterocycles. The van der Waals surface area contributed by atoms with Crippen molar-refractivity contribution in [3.05, 3.63) is 19.8 Å². The van der Waals surface area contributed by atoms with Gasteiger partial charge in [-0.25, -0.2) is 15.0 Å². The van der Waals surface area contributed by atoms with Gasteiger partial charge in [-0.05, 0) is 32.6 Å². The lowest BCUT2D eigenvalue weighted by atomic mass is 9.98. The molecule has 2 heterocycles. The number of hydrogen-bond donors (Lipinski definition) is 1. The Morgan fingerprint density at radius 3 is 2.58 bits per heavy atom. The summed E-state index contributed by atoms with van der Waals surface area (Å²) in [6.07, 6.45) is 3.35. The van der Waals surface area contributed by atoms with Crippen LogP contribution in [0.3, 0.4) is 0 Å². The molecule has 0 amide bonds. The lowest BCUT2D eigenvalue weighted by Gasteiger charge is -2.25. The van der Waals surface area contributed by atoms with Crippen LogP contribution in [0.2, 0.25) is 0 Å². The van der Waals surface area contributed by atoms with Gasteiger partial charge in [0.05, 0.1) is 31.0 Å². The van der Waals surface area contributed by atoms with Crippen LogP contribution < -0.4 is 5.73 Å². The lowest BCUT2D eigenvalue weighted by molar-refractivity contribution is -0.160. The Balaban J connectivity index is 1.67. The van der Waals surface area contributed by atoms with E-state index in [0.717, 1.165) is 0 Å². The molecule has 1 fully saturated rings. The van der Waals surface area contributed by atoms with Gasteiger partial charge in [0.1, 0.15) is 18.2 Å². The molecule has 2 atom stereocenters. The summed E-state index contributed by atoms with van der Waals surface area (Å²) in [5.41, 5.74) is 5.38. The van der Waals surface area contributed by atoms with Crippen LogP contribution in [0.15, 0.2) is 12.7 Å². The molecule has 11 nitrogen and oxygen atoms in total. The first-order valence-corrected chi connectivity index (χ1v) is 11.5. The van der Waals surface area contributed by atoms with Crippen LogP contribution in [-0.4, -0.2) is 44.2 Å². The van der Waals surface area contributed by atoms with Gasteiger partial charge < -0.3 is 24.3 Å². The third-order valence-corrected chi connectivity index (χ3v) is 6.78. The molecule has 12 heteroatoms. The van der Waals surface area contributed by atoms with Crippen LogP contribution in [-0.2, 0) is 34.4 Å². The molecular weight excluding hydrogens is 425 g/mol. The fourth-order valence-electron chi connectivity index (χ4n) is 3.21. The third-order valence-electron chi connectivity index (χ3n) is 5.44. The minimum atomic E-state index is -3.75. The van der Waals surface area contributed by atoms with Gasteiger partial charge in [0.25, 0.3) is 0 Å². The number of aromatic nitrogens is 4. The van der Waals surface area contributed by atoms with Crippen molar-refractivity contribution < 1.29 is 27.9 Å². The fourth-order valence-corrected chi connectivity index (χ4v) is 4.05. The van der Waals surface area contributed by atoms with Crippen LogP contribution in [0.1, 0.15) is 41.0 Å². The maximum absolute atomic E-state index is 12.9. The minimum absolute atomic E-state index is 0.202. The molecular formula is C19H29N5O6P. The predicted molar refractivity (Wildman–Crippen MR) is 112 cm³/mol. The number of anilines is 1. The second-order valence-corrected chi connectivity index (χ2v) is 11.3. The molecule has 2 unspecified atom stereocenters. The molecule has 1 saturated carbocycles. The number of nitrogens with zero attached hydrogens (tertiary/aromatic N) is 4. The first kappa shape index (κ1) is 23.6. The Kier molecular flexibility index (Phi) is 6.18. The van der Waals surface area contributed by atoms with E-state index in [4.69, 9.17) is 24.3 Å². The molecule has 1 aliphatic carbocycles. The smallest absolute Gasteiger partial charge is 0.359 e. The Morgan fingerprint density at radius 2 is 2.00 bits per heavy atom. The zero-order valence-electron chi connectivity index (χ0n) is 18.5. The monoisotopic (exact) mass is 454 g/mol. The van der Waals surface area contributed by atoms with Crippen LogP contribution in [0.5, 0.6) is 0 Å². The highest BCUT2D eigenvalue weighted by molar-refractivity contribution is 7.53. The van der Waals surface area contributed by atoms with Crippen LogP contribution in [0, 0.1) is 17.9 Å². The fraction of sp³-hybridized carbons (Fsp3) is 0.632. The van der Waals surface area contributed by atoms with E-state index in [0.29, 0.717) is 29.9 Å². The zero-order valence-corrected chi connectivity index (χ0v) is 19.3. The van der Waals surface area contributed by atoms with Gasteiger partial charge in [0.2, 0.25) is 6.79 Å². The summed E-state index contributed by atoms with van der Waals surface area (Å²) in [6.45, 7) is 9.07. The number of ether oxygens (including phenoxy) is 2. The number of imidazole rings is 1. The number of esters is 1. The standard InChI is InChI=1S/C19H29N5O6P/c1-17(2,3)16(25)28-11-30-31(26,27-6)12-29-19(7-18(19,4)5)8-24-10-23-13-14(20)21-9-22-15(13)24/h9-10H,6-8,11-12H2,1-5H3,(H2,20,21,22). The van der Waals surface area contributed by atoms with Crippen LogP contribution >= 0.6 is 7.60 Å². The second kappa shape index (κ2) is 8.12. The van der Waals surface area contributed by atoms with Crippen molar-refractivity contribution in [3.63, 3.8) is 0 Å². The lowest BCUT2D eigenvalue weighted by Crippen LogP contribution is -2.28. The first-order chi connectivity index (χ1) is 14.3. The number of nitrogens with two attached hydrogens (primary N) is 1. The predicted octanol–water partition coefficient (Wildman–Crippen LogP) is 3.12. The molecule has 0 aromatic carbocycles. The molecule has 0 bridgehead atoms. The third kappa shape index (κ3) is 4.90. The SMILES string of the molecule is [CH2]OP(=O)(COC1(Cn2cnc3c(N)ncnc32)CC1(C)C)OCOC(=O)C(C)(C)C. The van der Waals surface area contributed by atoms with E-state index in [1.165, 1.54) is 6.33 Å². The van der Waals surface area contributed by atoms with Gasteiger partial charge in [-0.1, -0.05) is 13.8 Å². The van der Waals surface area contributed by atoms with E-state index >= 15 is 0 Å². The largest absolute Gasteiger partial charge is 0.438 e. The quantitative estimate of drug-likeness (QED) is 0.341. The van der Waals surface area contributed by atoms with E-state index in [-0.39, 0.29) is 11.8 Å². The van der Waals surface area contributed by atoms with Crippen molar-refractivity contribution in [2.75, 3.05) is 18.9 Å². The molecule has 2 N–H and O–H groups in total. The average Bonchev–Trinajstić information content (AvgIpc) is 3.00. The van der Waals surface area contributed by atoms with Crippen LogP contribution in [0.25, 0.3) is 11.2 Å². The summed E-state index contributed by atoms with van der Waals surface area (Å²) in [6, 6.07) is 0. The van der Waals surface area contributed by atoms with Gasteiger partial charge in [0.15, 0.2) is 11.5 Å². The molecule has 0 spiro atoms. The van der Waals surface area contributed by atoms with Gasteiger partial charge >= 0.3 is 13.6 Å². The summed E-state index contributed by atoms with van der Waals surface area (Å²) < 4.78 is 35.8. The molecule has 171 valence electrons. The second-order valence-electron chi connectivity index (χ2n) is 9.30. The number of carbonyl (C=O) groups excluding carboxylic acids is 1. The van der Waals surface area contributed by atoms with Crippen molar-refractivity contribution in [2.45, 2.75) is 53.2 Å². The minimum Gasteiger partial charge on any atom is -0.438 e. The van der Waals surface area contributed by atoms with Crippen molar-refractivity contribution >= 4 is 30.5 Å². The van der Waals surface area contributed by atoms with Crippen molar-refractivity contribution in [1.82, 2.24) is 19.5 Å². The van der Waals surface area contributed by atoms with E-state index in [1.54, 1.807) is 27.1 Å². The molecule has 31 heavy (non-hydrogen) atoms. The number of hydrogen-bond acceptors (Lipinski definition) is 10. The first-order valence-electron chi connectivity index (χ1n) is 9.72. The van der Waals surface area contributed by atoms with E-state index in [9.17, 15) is 9.36 Å². The number of fused-ring (bicyclic) bond motifs is 1. The Hall–Kier alpha value is -2.07. The molecule has 1 aliphatic rings. The maximum Gasteiger partial charge on any atom is 0.359 e. The van der Waals surface area contributed by atoms with Crippen molar-refractivity contribution in [2.24, 2.45) is 10.8 Å². The number of carbonyl (C=O) groups is 1. The Labute approximate surface area is 181 Å². The van der Waals surface area contributed by atoms with Gasteiger partial charge in [-0.15, -0.1) is 0 Å². The highest BCUT2D eigenvalue weighted by Crippen LogP contribution is 2.61.